The van der Waals surface area contributed by atoms with Gasteiger partial charge in [-0.15, -0.1) is 6.42 Å². The Morgan fingerprint density at radius 1 is 1.06 bits per heavy atom. The maximum Gasteiger partial charge on any atom is 0.197 e. The zero-order valence-electron chi connectivity index (χ0n) is 20.7. The molecule has 2 aliphatic carbocycles. The summed E-state index contributed by atoms with van der Waals surface area (Å²) in [6.45, 7) is 1.44. The highest BCUT2D eigenvalue weighted by Crippen LogP contribution is 2.46. The lowest BCUT2D eigenvalue weighted by atomic mass is 10.0. The summed E-state index contributed by atoms with van der Waals surface area (Å²) in [6.07, 6.45) is 9.58. The molecule has 1 fully saturated rings. The van der Waals surface area contributed by atoms with Crippen LogP contribution in [0.1, 0.15) is 36.8 Å². The van der Waals surface area contributed by atoms with Gasteiger partial charge in [0.05, 0.1) is 19.9 Å². The molecular weight excluding hydrogens is 442 g/mol. The highest BCUT2D eigenvalue weighted by atomic mass is 16.6. The summed E-state index contributed by atoms with van der Waals surface area (Å²) in [5, 5.41) is 5.72. The molecule has 0 saturated heterocycles. The van der Waals surface area contributed by atoms with E-state index in [0.717, 1.165) is 77.0 Å². The number of terminal acetylenes is 1. The number of hydrogen-bond donors (Lipinski definition) is 1. The van der Waals surface area contributed by atoms with Gasteiger partial charge in [0.1, 0.15) is 18.1 Å². The second-order valence-electron chi connectivity index (χ2n) is 9.36. The molecule has 1 N–H and O–H groups in total. The number of rotatable bonds is 8. The summed E-state index contributed by atoms with van der Waals surface area (Å²) in [7, 11) is 7.32. The van der Waals surface area contributed by atoms with Crippen molar-refractivity contribution in [2.45, 2.75) is 31.3 Å². The molecule has 7 nitrogen and oxygen atoms in total. The minimum absolute atomic E-state index is 0.606. The Hall–Kier alpha value is -3.63. The van der Waals surface area contributed by atoms with Crippen molar-refractivity contribution in [1.29, 1.82) is 0 Å². The van der Waals surface area contributed by atoms with Gasteiger partial charge in [-0.3, -0.25) is 0 Å². The number of benzene rings is 2. The number of likely N-dealkylation sites (N-methyl/N-ethyl adjacent to an activating group) is 1. The van der Waals surface area contributed by atoms with Gasteiger partial charge in [-0.05, 0) is 57.3 Å². The van der Waals surface area contributed by atoms with Crippen molar-refractivity contribution in [3.63, 3.8) is 0 Å². The molecule has 0 aliphatic heterocycles. The van der Waals surface area contributed by atoms with Gasteiger partial charge in [0.15, 0.2) is 17.1 Å². The van der Waals surface area contributed by atoms with Crippen molar-refractivity contribution < 1.29 is 19.0 Å². The molecule has 0 spiro atoms. The van der Waals surface area contributed by atoms with Gasteiger partial charge in [-0.1, -0.05) is 11.1 Å². The minimum Gasteiger partial charge on any atom is -0.493 e. The highest BCUT2D eigenvalue weighted by Gasteiger charge is 2.37. The van der Waals surface area contributed by atoms with E-state index in [1.165, 1.54) is 0 Å². The van der Waals surface area contributed by atoms with Gasteiger partial charge in [0.25, 0.3) is 0 Å². The fourth-order valence-corrected chi connectivity index (χ4v) is 4.91. The van der Waals surface area contributed by atoms with E-state index in [1.807, 2.05) is 38.4 Å². The Kier molecular flexibility index (Phi) is 6.08. The molecule has 3 aromatic rings. The van der Waals surface area contributed by atoms with E-state index in [0.29, 0.717) is 18.1 Å². The van der Waals surface area contributed by atoms with Crippen molar-refractivity contribution in [2.75, 3.05) is 41.5 Å². The summed E-state index contributed by atoms with van der Waals surface area (Å²) in [6, 6.07) is 10.0. The number of nitrogens with one attached hydrogen (secondary N) is 1. The first-order valence-electron chi connectivity index (χ1n) is 11.9. The van der Waals surface area contributed by atoms with Crippen molar-refractivity contribution in [3.8, 4) is 40.8 Å². The molecule has 0 bridgehead atoms. The minimum atomic E-state index is -0.654. The highest BCUT2D eigenvalue weighted by molar-refractivity contribution is 6.30. The molecule has 0 unspecified atom stereocenters. The predicted octanol–water partition coefficient (Wildman–Crippen LogP) is 4.82. The van der Waals surface area contributed by atoms with Crippen LogP contribution in [0.5, 0.6) is 17.2 Å². The predicted molar refractivity (Wildman–Crippen MR) is 138 cm³/mol. The van der Waals surface area contributed by atoms with Crippen molar-refractivity contribution >= 4 is 16.6 Å². The first kappa shape index (κ1) is 23.1. The van der Waals surface area contributed by atoms with Crippen LogP contribution in [0.4, 0.5) is 0 Å². The molecule has 0 radical (unpaired) electrons. The second-order valence-corrected chi connectivity index (χ2v) is 9.36. The van der Waals surface area contributed by atoms with Crippen LogP contribution in [0.2, 0.25) is 0 Å². The third-order valence-corrected chi connectivity index (χ3v) is 6.85. The van der Waals surface area contributed by atoms with Crippen LogP contribution in [0.3, 0.4) is 0 Å². The number of aromatic amines is 1. The van der Waals surface area contributed by atoms with Gasteiger partial charge < -0.3 is 28.9 Å². The number of ether oxygens (including phenoxy) is 3. The van der Waals surface area contributed by atoms with Crippen LogP contribution in [0, 0.1) is 12.3 Å². The molecule has 0 amide bonds. The Labute approximate surface area is 206 Å². The maximum atomic E-state index is 6.14. The molecule has 5 rings (SSSR count). The van der Waals surface area contributed by atoms with E-state index in [9.17, 15) is 0 Å². The number of nitrogens with zero attached hydrogens (tertiary/aromatic N) is 2. The topological polar surface area (TPSA) is 68.3 Å². The van der Waals surface area contributed by atoms with E-state index >= 15 is 0 Å². The van der Waals surface area contributed by atoms with Crippen LogP contribution in [-0.2, 0) is 4.84 Å². The molecule has 1 saturated carbocycles. The van der Waals surface area contributed by atoms with Crippen LogP contribution in [0.25, 0.3) is 22.2 Å². The van der Waals surface area contributed by atoms with E-state index in [1.54, 1.807) is 14.2 Å². The molecule has 2 aliphatic rings. The lowest BCUT2D eigenvalue weighted by molar-refractivity contribution is 0.00881. The zero-order valence-corrected chi connectivity index (χ0v) is 20.7. The van der Waals surface area contributed by atoms with Crippen LogP contribution in [0.15, 0.2) is 35.5 Å². The monoisotopic (exact) mass is 473 g/mol. The summed E-state index contributed by atoms with van der Waals surface area (Å²) in [5.74, 6) is 4.95. The number of fused-ring (bicyclic) bond motifs is 5. The summed E-state index contributed by atoms with van der Waals surface area (Å²) in [4.78, 5) is 11.8. The Morgan fingerprint density at radius 3 is 2.43 bits per heavy atom. The molecule has 35 heavy (non-hydrogen) atoms. The number of aromatic nitrogens is 1. The van der Waals surface area contributed by atoms with E-state index in [2.05, 4.69) is 21.9 Å². The van der Waals surface area contributed by atoms with E-state index in [4.69, 9.17) is 30.6 Å². The summed E-state index contributed by atoms with van der Waals surface area (Å²) < 4.78 is 17.2. The molecule has 7 heteroatoms. The quantitative estimate of drug-likeness (QED) is 0.294. The average molecular weight is 474 g/mol. The molecule has 182 valence electrons. The Balaban J connectivity index is 1.63. The summed E-state index contributed by atoms with van der Waals surface area (Å²) >= 11 is 0. The smallest absolute Gasteiger partial charge is 0.197 e. The van der Waals surface area contributed by atoms with Crippen LogP contribution in [-0.4, -0.2) is 62.7 Å². The normalized spacial score (nSPS) is 16.9. The third-order valence-electron chi connectivity index (χ3n) is 6.85. The summed E-state index contributed by atoms with van der Waals surface area (Å²) in [5.41, 5.74) is 4.89. The average Bonchev–Trinajstić information content (AvgIpc) is 3.55. The van der Waals surface area contributed by atoms with Gasteiger partial charge in [-0.2, -0.15) is 0 Å². The van der Waals surface area contributed by atoms with E-state index in [-0.39, 0.29) is 0 Å². The molecule has 1 heterocycles. The maximum absolute atomic E-state index is 6.14. The number of oxime groups is 1. The first-order chi connectivity index (χ1) is 17.0. The van der Waals surface area contributed by atoms with Gasteiger partial charge in [0.2, 0.25) is 0 Å². The second kappa shape index (κ2) is 9.20. The fraction of sp³-hybridized carbons (Fsp3) is 0.393. The van der Waals surface area contributed by atoms with Crippen LogP contribution >= 0.6 is 0 Å². The lowest BCUT2D eigenvalue weighted by Gasteiger charge is -2.20. The van der Waals surface area contributed by atoms with E-state index < -0.39 is 5.60 Å². The van der Waals surface area contributed by atoms with Crippen LogP contribution < -0.4 is 14.2 Å². The van der Waals surface area contributed by atoms with Crippen molar-refractivity contribution in [3.05, 3.63) is 41.5 Å². The largest absolute Gasteiger partial charge is 0.493 e. The molecule has 0 atom stereocenters. The first-order valence-corrected chi connectivity index (χ1v) is 11.9. The Morgan fingerprint density at radius 2 is 1.77 bits per heavy atom. The van der Waals surface area contributed by atoms with Gasteiger partial charge in [0, 0.05) is 47.0 Å². The number of hydrogen-bond acceptors (Lipinski definition) is 6. The lowest BCUT2D eigenvalue weighted by Crippen LogP contribution is -2.24. The number of H-pyrrole nitrogens is 1. The zero-order chi connectivity index (χ0) is 24.6. The molecular formula is C28H31N3O4. The third kappa shape index (κ3) is 4.08. The molecule has 2 aromatic carbocycles. The van der Waals surface area contributed by atoms with Gasteiger partial charge in [-0.25, -0.2) is 0 Å². The Bertz CT molecular complexity index is 1330. The fourth-order valence-electron chi connectivity index (χ4n) is 4.91. The van der Waals surface area contributed by atoms with Gasteiger partial charge >= 0.3 is 0 Å². The molecule has 1 aromatic heterocycles. The van der Waals surface area contributed by atoms with Crippen molar-refractivity contribution in [1.82, 2.24) is 9.88 Å². The number of methoxy groups -OCH3 is 2. The SMILES string of the molecule is C#CC1(O/N=C2/c3cc(OC)c(OC)cc3-c3[nH]c4ccc(OCCN(C)C)cc4c32)CCCC1. The standard InChI is InChI=1S/C28H31N3O4/c1-6-28(11-7-8-12-28)35-30-27-20-17-24(33-5)23(32-4)16-19(20)26-25(27)21-15-18(9-10-22(21)29-26)34-14-13-31(2)3/h1,9-10,15-17,29H,7-8,11-14H2,2-5H3/b30-27-. The van der Waals surface area contributed by atoms with Crippen molar-refractivity contribution in [2.24, 2.45) is 5.16 Å².